The van der Waals surface area contributed by atoms with Crippen molar-refractivity contribution < 1.29 is 0 Å². The third kappa shape index (κ3) is 2.59. The molecule has 18 heavy (non-hydrogen) atoms. The minimum Gasteiger partial charge on any atom is -0.373 e. The van der Waals surface area contributed by atoms with Crippen LogP contribution in [0.5, 0.6) is 0 Å². The van der Waals surface area contributed by atoms with Gasteiger partial charge in [0.2, 0.25) is 0 Å². The molecule has 1 aromatic carbocycles. The van der Waals surface area contributed by atoms with Crippen molar-refractivity contribution in [3.05, 3.63) is 41.7 Å². The molecule has 0 fully saturated rings. The number of aryl methyl sites for hydroxylation is 2. The van der Waals surface area contributed by atoms with E-state index in [0.717, 1.165) is 23.7 Å². The van der Waals surface area contributed by atoms with Gasteiger partial charge in [0.05, 0.1) is 0 Å². The Balaban J connectivity index is 2.33. The highest BCUT2D eigenvalue weighted by Gasteiger charge is 2.05. The minimum atomic E-state index is 0.804. The number of rotatable bonds is 4. The number of nitrogens with one attached hydrogen (secondary N) is 2. The lowest BCUT2D eigenvalue weighted by Gasteiger charge is -2.13. The van der Waals surface area contributed by atoms with Crippen molar-refractivity contribution in [2.75, 3.05) is 17.7 Å². The van der Waals surface area contributed by atoms with E-state index in [2.05, 4.69) is 52.6 Å². The number of anilines is 3. The van der Waals surface area contributed by atoms with E-state index in [9.17, 15) is 0 Å². The number of para-hydroxylation sites is 1. The maximum Gasteiger partial charge on any atom is 0.135 e. The molecule has 0 bridgehead atoms. The van der Waals surface area contributed by atoms with Crippen molar-refractivity contribution in [2.24, 2.45) is 0 Å². The van der Waals surface area contributed by atoms with E-state index in [1.54, 1.807) is 6.33 Å². The molecule has 1 aromatic heterocycles. The Hall–Kier alpha value is -2.10. The highest BCUT2D eigenvalue weighted by Crippen LogP contribution is 2.24. The van der Waals surface area contributed by atoms with Crippen LogP contribution in [0.1, 0.15) is 18.1 Å². The van der Waals surface area contributed by atoms with Crippen LogP contribution in [0, 0.1) is 6.92 Å². The molecule has 94 valence electrons. The summed E-state index contributed by atoms with van der Waals surface area (Å²) < 4.78 is 0. The zero-order valence-corrected chi connectivity index (χ0v) is 11.0. The second-order valence-electron chi connectivity index (χ2n) is 4.13. The molecule has 1 heterocycles. The van der Waals surface area contributed by atoms with Gasteiger partial charge in [-0.05, 0) is 24.5 Å². The molecular formula is C14H18N4. The molecule has 0 aliphatic carbocycles. The zero-order valence-electron chi connectivity index (χ0n) is 11.0. The molecule has 2 N–H and O–H groups in total. The lowest BCUT2D eigenvalue weighted by Crippen LogP contribution is -2.01. The molecule has 2 rings (SSSR count). The predicted octanol–water partition coefficient (Wildman–Crippen LogP) is 3.13. The monoisotopic (exact) mass is 242 g/mol. The summed E-state index contributed by atoms with van der Waals surface area (Å²) in [6.45, 7) is 4.25. The lowest BCUT2D eigenvalue weighted by molar-refractivity contribution is 1.12. The predicted molar refractivity (Wildman–Crippen MR) is 75.4 cm³/mol. The summed E-state index contributed by atoms with van der Waals surface area (Å²) in [6, 6.07) is 8.21. The van der Waals surface area contributed by atoms with Crippen molar-refractivity contribution in [1.82, 2.24) is 9.97 Å². The largest absolute Gasteiger partial charge is 0.373 e. The van der Waals surface area contributed by atoms with E-state index >= 15 is 0 Å². The van der Waals surface area contributed by atoms with Crippen LogP contribution in [0.3, 0.4) is 0 Å². The fourth-order valence-electron chi connectivity index (χ4n) is 1.89. The Bertz CT molecular complexity index is 537. The van der Waals surface area contributed by atoms with Crippen LogP contribution in [-0.4, -0.2) is 17.0 Å². The summed E-state index contributed by atoms with van der Waals surface area (Å²) in [5, 5.41) is 6.38. The molecule has 0 saturated carbocycles. The molecular weight excluding hydrogens is 224 g/mol. The first-order valence-corrected chi connectivity index (χ1v) is 6.10. The lowest BCUT2D eigenvalue weighted by atomic mass is 10.1. The van der Waals surface area contributed by atoms with Crippen molar-refractivity contribution >= 4 is 17.3 Å². The van der Waals surface area contributed by atoms with Crippen molar-refractivity contribution in [3.63, 3.8) is 0 Å². The normalized spacial score (nSPS) is 10.2. The van der Waals surface area contributed by atoms with Crippen LogP contribution < -0.4 is 10.6 Å². The van der Waals surface area contributed by atoms with Gasteiger partial charge in [0.15, 0.2) is 0 Å². The smallest absolute Gasteiger partial charge is 0.135 e. The molecule has 0 atom stereocenters. The number of aromatic nitrogens is 2. The maximum absolute atomic E-state index is 4.24. The summed E-state index contributed by atoms with van der Waals surface area (Å²) in [6.07, 6.45) is 2.55. The standard InChI is InChI=1S/C14H18N4/c1-4-11-7-5-6-10(2)14(11)18-13-8-12(15-3)16-9-17-13/h5-9H,4H2,1-3H3,(H2,15,16,17,18). The van der Waals surface area contributed by atoms with Crippen molar-refractivity contribution in [3.8, 4) is 0 Å². The van der Waals surface area contributed by atoms with Gasteiger partial charge in [0.25, 0.3) is 0 Å². The van der Waals surface area contributed by atoms with E-state index < -0.39 is 0 Å². The van der Waals surface area contributed by atoms with Gasteiger partial charge >= 0.3 is 0 Å². The fourth-order valence-corrected chi connectivity index (χ4v) is 1.89. The van der Waals surface area contributed by atoms with Gasteiger partial charge < -0.3 is 10.6 Å². The van der Waals surface area contributed by atoms with Crippen LogP contribution in [-0.2, 0) is 6.42 Å². The molecule has 0 amide bonds. The Labute approximate surface area is 107 Å². The van der Waals surface area contributed by atoms with Crippen LogP contribution in [0.15, 0.2) is 30.6 Å². The molecule has 0 aliphatic heterocycles. The summed E-state index contributed by atoms with van der Waals surface area (Å²) in [4.78, 5) is 8.34. The topological polar surface area (TPSA) is 49.8 Å². The molecule has 0 aliphatic rings. The Morgan fingerprint density at radius 1 is 1.17 bits per heavy atom. The first kappa shape index (κ1) is 12.4. The van der Waals surface area contributed by atoms with Gasteiger partial charge in [-0.15, -0.1) is 0 Å². The molecule has 2 aromatic rings. The SMILES string of the molecule is CCc1cccc(C)c1Nc1cc(NC)ncn1. The zero-order chi connectivity index (χ0) is 13.0. The minimum absolute atomic E-state index is 0.804. The number of hydrogen-bond donors (Lipinski definition) is 2. The molecule has 0 unspecified atom stereocenters. The second-order valence-corrected chi connectivity index (χ2v) is 4.13. The fraction of sp³-hybridized carbons (Fsp3) is 0.286. The van der Waals surface area contributed by atoms with E-state index in [0.29, 0.717) is 0 Å². The first-order chi connectivity index (χ1) is 8.74. The molecule has 0 radical (unpaired) electrons. The Kier molecular flexibility index (Phi) is 3.77. The average Bonchev–Trinajstić information content (AvgIpc) is 2.41. The summed E-state index contributed by atoms with van der Waals surface area (Å²) >= 11 is 0. The number of benzene rings is 1. The van der Waals surface area contributed by atoms with Gasteiger partial charge in [-0.3, -0.25) is 0 Å². The van der Waals surface area contributed by atoms with Gasteiger partial charge in [-0.25, -0.2) is 9.97 Å². The quantitative estimate of drug-likeness (QED) is 0.864. The second kappa shape index (κ2) is 5.49. The molecule has 0 spiro atoms. The van der Waals surface area contributed by atoms with Gasteiger partial charge in [-0.2, -0.15) is 0 Å². The van der Waals surface area contributed by atoms with E-state index in [4.69, 9.17) is 0 Å². The molecule has 4 nitrogen and oxygen atoms in total. The van der Waals surface area contributed by atoms with E-state index in [-0.39, 0.29) is 0 Å². The average molecular weight is 242 g/mol. The summed E-state index contributed by atoms with van der Waals surface area (Å²) in [5.41, 5.74) is 3.65. The van der Waals surface area contributed by atoms with E-state index in [1.807, 2.05) is 13.1 Å². The number of nitrogens with zero attached hydrogens (tertiary/aromatic N) is 2. The third-order valence-corrected chi connectivity index (χ3v) is 2.92. The van der Waals surface area contributed by atoms with Crippen molar-refractivity contribution in [1.29, 1.82) is 0 Å². The number of hydrogen-bond acceptors (Lipinski definition) is 4. The summed E-state index contributed by atoms with van der Waals surface area (Å²) in [7, 11) is 1.84. The molecule has 4 heteroatoms. The maximum atomic E-state index is 4.24. The summed E-state index contributed by atoms with van der Waals surface area (Å²) in [5.74, 6) is 1.61. The van der Waals surface area contributed by atoms with Crippen LogP contribution >= 0.6 is 0 Å². The van der Waals surface area contributed by atoms with Crippen molar-refractivity contribution in [2.45, 2.75) is 20.3 Å². The first-order valence-electron chi connectivity index (χ1n) is 6.10. The highest BCUT2D eigenvalue weighted by atomic mass is 15.1. The third-order valence-electron chi connectivity index (χ3n) is 2.92. The van der Waals surface area contributed by atoms with Gasteiger partial charge in [-0.1, -0.05) is 25.1 Å². The van der Waals surface area contributed by atoms with Crippen LogP contribution in [0.4, 0.5) is 17.3 Å². The van der Waals surface area contributed by atoms with Gasteiger partial charge in [0, 0.05) is 18.8 Å². The Morgan fingerprint density at radius 2 is 1.94 bits per heavy atom. The van der Waals surface area contributed by atoms with Crippen LogP contribution in [0.2, 0.25) is 0 Å². The van der Waals surface area contributed by atoms with E-state index in [1.165, 1.54) is 11.1 Å². The van der Waals surface area contributed by atoms with Crippen LogP contribution in [0.25, 0.3) is 0 Å². The highest BCUT2D eigenvalue weighted by molar-refractivity contribution is 5.65. The van der Waals surface area contributed by atoms with Gasteiger partial charge in [0.1, 0.15) is 18.0 Å². The molecule has 0 saturated heterocycles. The Morgan fingerprint density at radius 3 is 2.67 bits per heavy atom.